The van der Waals surface area contributed by atoms with Crippen molar-refractivity contribution in [2.75, 3.05) is 13.7 Å². The first-order chi connectivity index (χ1) is 14.3. The van der Waals surface area contributed by atoms with E-state index in [1.165, 1.54) is 18.0 Å². The Morgan fingerprint density at radius 3 is 2.73 bits per heavy atom. The summed E-state index contributed by atoms with van der Waals surface area (Å²) in [5, 5.41) is 4.82. The molecule has 0 saturated heterocycles. The number of hydrogen-bond donors (Lipinski definition) is 1. The van der Waals surface area contributed by atoms with Gasteiger partial charge in [-0.1, -0.05) is 22.9 Å². The van der Waals surface area contributed by atoms with Gasteiger partial charge in [0.1, 0.15) is 5.82 Å². The highest BCUT2D eigenvalue weighted by Gasteiger charge is 2.13. The zero-order chi connectivity index (χ0) is 21.8. The summed E-state index contributed by atoms with van der Waals surface area (Å²) >= 11 is 6.77. The normalized spacial score (nSPS) is 11.2. The summed E-state index contributed by atoms with van der Waals surface area (Å²) in [7, 11) is 1.48. The van der Waals surface area contributed by atoms with Gasteiger partial charge in [0, 0.05) is 10.9 Å². The Morgan fingerprint density at radius 2 is 2.07 bits per heavy atom. The van der Waals surface area contributed by atoms with E-state index in [0.717, 1.165) is 4.47 Å². The third-order valence-corrected chi connectivity index (χ3v) is 5.21. The quantitative estimate of drug-likeness (QED) is 0.465. The van der Waals surface area contributed by atoms with E-state index in [-0.39, 0.29) is 12.2 Å². The fraction of sp³-hybridized carbons (Fsp3) is 0.200. The van der Waals surface area contributed by atoms with Gasteiger partial charge in [0.2, 0.25) is 0 Å². The van der Waals surface area contributed by atoms with Crippen LogP contribution in [-0.2, 0) is 11.2 Å². The Bertz CT molecular complexity index is 1210. The second-order valence-electron chi connectivity index (χ2n) is 6.19. The lowest BCUT2D eigenvalue weighted by molar-refractivity contribution is -0.119. The monoisotopic (exact) mass is 536 g/mol. The highest BCUT2D eigenvalue weighted by molar-refractivity contribution is 9.10. The van der Waals surface area contributed by atoms with Gasteiger partial charge >= 0.3 is 0 Å². The van der Waals surface area contributed by atoms with E-state index in [4.69, 9.17) is 15.2 Å². The molecule has 0 aliphatic carbocycles. The van der Waals surface area contributed by atoms with Gasteiger partial charge in [0.25, 0.3) is 11.5 Å². The Morgan fingerprint density at radius 1 is 1.30 bits per heavy atom. The zero-order valence-corrected chi connectivity index (χ0v) is 19.4. The number of halogens is 2. The molecule has 0 atom stereocenters. The number of nitrogens with zero attached hydrogens (tertiary/aromatic N) is 3. The maximum atomic E-state index is 13.0. The molecule has 0 aliphatic rings. The van der Waals surface area contributed by atoms with Crippen LogP contribution in [0.3, 0.4) is 0 Å². The summed E-state index contributed by atoms with van der Waals surface area (Å²) in [6.45, 7) is 1.62. The first kappa shape index (κ1) is 22.0. The summed E-state index contributed by atoms with van der Waals surface area (Å²) in [5.74, 6) is 0.669. The van der Waals surface area contributed by atoms with Crippen LogP contribution in [0.15, 0.2) is 49.2 Å². The van der Waals surface area contributed by atoms with Gasteiger partial charge in [-0.05, 0) is 51.8 Å². The van der Waals surface area contributed by atoms with Crippen molar-refractivity contribution in [2.24, 2.45) is 10.8 Å². The number of amides is 1. The molecular weight excluding hydrogens is 520 g/mol. The molecule has 30 heavy (non-hydrogen) atoms. The highest BCUT2D eigenvalue weighted by atomic mass is 79.9. The molecule has 0 unspecified atom stereocenters. The van der Waals surface area contributed by atoms with Crippen LogP contribution in [0, 0.1) is 0 Å². The van der Waals surface area contributed by atoms with Crippen LogP contribution in [0.5, 0.6) is 11.5 Å². The molecule has 3 aromatic rings. The van der Waals surface area contributed by atoms with Crippen LogP contribution in [-0.4, -0.2) is 35.5 Å². The molecular formula is C20H18Br2N4O4. The average Bonchev–Trinajstić information content (AvgIpc) is 2.71. The van der Waals surface area contributed by atoms with Crippen molar-refractivity contribution in [1.82, 2.24) is 9.66 Å². The summed E-state index contributed by atoms with van der Waals surface area (Å²) in [5.41, 5.74) is 6.13. The van der Waals surface area contributed by atoms with Crippen molar-refractivity contribution < 1.29 is 14.3 Å². The van der Waals surface area contributed by atoms with Crippen LogP contribution >= 0.6 is 31.9 Å². The number of methoxy groups -OCH3 is 1. The van der Waals surface area contributed by atoms with Crippen LogP contribution in [0.4, 0.5) is 0 Å². The largest absolute Gasteiger partial charge is 0.493 e. The molecule has 3 rings (SSSR count). The maximum absolute atomic E-state index is 13.0. The number of hydrogen-bond acceptors (Lipinski definition) is 6. The standard InChI is InChI=1S/C20H18Br2N4O4/c1-3-18-25-15-5-4-12(21)8-13(15)20(28)26(18)24-9-11-6-14(22)19(16(7-11)29-2)30-10-17(23)27/h4-9H,3,10H2,1-2H3,(H2,23,27). The van der Waals surface area contributed by atoms with Gasteiger partial charge in [-0.15, -0.1) is 0 Å². The molecule has 2 aromatic carbocycles. The minimum absolute atomic E-state index is 0.262. The zero-order valence-electron chi connectivity index (χ0n) is 16.2. The molecule has 1 heterocycles. The number of benzene rings is 2. The van der Waals surface area contributed by atoms with Crippen molar-refractivity contribution in [2.45, 2.75) is 13.3 Å². The SMILES string of the molecule is CCc1nc2ccc(Br)cc2c(=O)n1N=Cc1cc(Br)c(OCC(N)=O)c(OC)c1. The van der Waals surface area contributed by atoms with E-state index in [9.17, 15) is 9.59 Å². The average molecular weight is 538 g/mol. The van der Waals surface area contributed by atoms with Gasteiger partial charge in [-0.2, -0.15) is 9.78 Å². The molecule has 0 bridgehead atoms. The molecule has 0 radical (unpaired) electrons. The van der Waals surface area contributed by atoms with E-state index >= 15 is 0 Å². The Balaban J connectivity index is 2.04. The van der Waals surface area contributed by atoms with Crippen molar-refractivity contribution in [3.8, 4) is 11.5 Å². The van der Waals surface area contributed by atoms with Crippen LogP contribution in [0.25, 0.3) is 10.9 Å². The summed E-state index contributed by atoms with van der Waals surface area (Å²) in [4.78, 5) is 28.5. The number of ether oxygens (including phenoxy) is 2. The molecule has 0 saturated carbocycles. The third-order valence-electron chi connectivity index (χ3n) is 4.12. The topological polar surface area (TPSA) is 109 Å². The third kappa shape index (κ3) is 4.71. The van der Waals surface area contributed by atoms with E-state index < -0.39 is 5.91 Å². The second kappa shape index (κ2) is 9.40. The van der Waals surface area contributed by atoms with Crippen LogP contribution in [0.2, 0.25) is 0 Å². The molecule has 0 fully saturated rings. The van der Waals surface area contributed by atoms with E-state index in [0.29, 0.717) is 44.7 Å². The lowest BCUT2D eigenvalue weighted by Crippen LogP contribution is -2.22. The number of aromatic nitrogens is 2. The number of carbonyl (C=O) groups is 1. The molecule has 156 valence electrons. The number of fused-ring (bicyclic) bond motifs is 1. The van der Waals surface area contributed by atoms with Crippen molar-refractivity contribution >= 4 is 54.9 Å². The lowest BCUT2D eigenvalue weighted by Gasteiger charge is -2.12. The molecule has 1 aromatic heterocycles. The number of carbonyl (C=O) groups excluding carboxylic acids is 1. The molecule has 2 N–H and O–H groups in total. The fourth-order valence-electron chi connectivity index (χ4n) is 2.76. The van der Waals surface area contributed by atoms with Crippen molar-refractivity contribution in [3.05, 3.63) is 61.0 Å². The smallest absolute Gasteiger partial charge is 0.282 e. The molecule has 10 heteroatoms. The molecule has 8 nitrogen and oxygen atoms in total. The molecule has 0 spiro atoms. The second-order valence-corrected chi connectivity index (χ2v) is 7.96. The van der Waals surface area contributed by atoms with Gasteiger partial charge in [-0.3, -0.25) is 9.59 Å². The van der Waals surface area contributed by atoms with Crippen LogP contribution in [0.1, 0.15) is 18.3 Å². The summed E-state index contributed by atoms with van der Waals surface area (Å²) in [6, 6.07) is 8.76. The predicted octanol–water partition coefficient (Wildman–Crippen LogP) is 3.24. The van der Waals surface area contributed by atoms with E-state index in [2.05, 4.69) is 41.9 Å². The summed E-state index contributed by atoms with van der Waals surface area (Å²) < 4.78 is 13.3. The molecule has 1 amide bonds. The Labute approximate surface area is 188 Å². The number of nitrogens with two attached hydrogens (primary N) is 1. The minimum atomic E-state index is -0.600. The maximum Gasteiger partial charge on any atom is 0.282 e. The predicted molar refractivity (Wildman–Crippen MR) is 121 cm³/mol. The van der Waals surface area contributed by atoms with E-state index in [1.54, 1.807) is 24.3 Å². The Kier molecular flexibility index (Phi) is 6.88. The first-order valence-corrected chi connectivity index (χ1v) is 10.5. The number of primary amides is 1. The van der Waals surface area contributed by atoms with Gasteiger partial charge in [0.15, 0.2) is 18.1 Å². The van der Waals surface area contributed by atoms with Gasteiger partial charge in [0.05, 0.1) is 28.7 Å². The van der Waals surface area contributed by atoms with Crippen molar-refractivity contribution in [3.63, 3.8) is 0 Å². The van der Waals surface area contributed by atoms with Crippen molar-refractivity contribution in [1.29, 1.82) is 0 Å². The van der Waals surface area contributed by atoms with Gasteiger partial charge in [-0.25, -0.2) is 4.98 Å². The Hall–Kier alpha value is -2.72. The summed E-state index contributed by atoms with van der Waals surface area (Å²) in [6.07, 6.45) is 2.06. The fourth-order valence-corrected chi connectivity index (χ4v) is 3.70. The highest BCUT2D eigenvalue weighted by Crippen LogP contribution is 2.36. The first-order valence-electron chi connectivity index (χ1n) is 8.88. The minimum Gasteiger partial charge on any atom is -0.493 e. The number of rotatable bonds is 7. The lowest BCUT2D eigenvalue weighted by atomic mass is 10.2. The molecule has 0 aliphatic heterocycles. The van der Waals surface area contributed by atoms with E-state index in [1.807, 2.05) is 13.0 Å². The van der Waals surface area contributed by atoms with Crippen LogP contribution < -0.4 is 20.8 Å². The van der Waals surface area contributed by atoms with Gasteiger partial charge < -0.3 is 15.2 Å². The number of aryl methyl sites for hydroxylation is 1.